The second-order valence-electron chi connectivity index (χ2n) is 8.13. The van der Waals surface area contributed by atoms with Gasteiger partial charge in [-0.05, 0) is 54.8 Å². The molecule has 2 heterocycles. The number of aliphatic hydroxyl groups excluding tert-OH is 1. The zero-order valence-corrected chi connectivity index (χ0v) is 18.4. The molecule has 0 saturated carbocycles. The Morgan fingerprint density at radius 3 is 2.06 bits per heavy atom. The van der Waals surface area contributed by atoms with Gasteiger partial charge in [-0.1, -0.05) is 30.3 Å². The molecule has 2 aliphatic rings. The number of benzene rings is 2. The van der Waals surface area contributed by atoms with Crippen molar-refractivity contribution in [2.24, 2.45) is 0 Å². The molecule has 2 aromatic carbocycles. The maximum atomic E-state index is 13.0. The first-order chi connectivity index (χ1) is 14.8. The number of hydrogen-bond donors (Lipinski definition) is 1. The second kappa shape index (κ2) is 8.45. The quantitative estimate of drug-likeness (QED) is 0.694. The molecule has 1 amide bonds. The number of aliphatic hydroxyl groups is 1. The van der Waals surface area contributed by atoms with Gasteiger partial charge in [0.2, 0.25) is 10.0 Å². The minimum absolute atomic E-state index is 0.0132. The van der Waals surface area contributed by atoms with E-state index in [0.29, 0.717) is 24.4 Å². The third-order valence-corrected chi connectivity index (χ3v) is 7.30. The van der Waals surface area contributed by atoms with Crippen molar-refractivity contribution in [1.82, 2.24) is 9.21 Å². The number of hydrogen-bond acceptors (Lipinski definition) is 5. The Labute approximate surface area is 182 Å². The van der Waals surface area contributed by atoms with Crippen LogP contribution in [-0.2, 0) is 14.8 Å². The molecule has 0 bridgehead atoms. The number of sulfonamides is 1. The van der Waals surface area contributed by atoms with Crippen LogP contribution in [0, 0.1) is 0 Å². The molecule has 0 unspecified atom stereocenters. The summed E-state index contributed by atoms with van der Waals surface area (Å²) in [4.78, 5) is 14.5. The molecule has 164 valence electrons. The predicted molar refractivity (Wildman–Crippen MR) is 116 cm³/mol. The number of rotatable bonds is 6. The van der Waals surface area contributed by atoms with Crippen LogP contribution in [0.3, 0.4) is 0 Å². The average molecular weight is 443 g/mol. The van der Waals surface area contributed by atoms with E-state index in [4.69, 9.17) is 4.74 Å². The van der Waals surface area contributed by atoms with E-state index in [1.807, 2.05) is 19.9 Å². The summed E-state index contributed by atoms with van der Waals surface area (Å²) in [7, 11) is -3.64. The Morgan fingerprint density at radius 2 is 1.52 bits per heavy atom. The van der Waals surface area contributed by atoms with Crippen molar-refractivity contribution in [1.29, 1.82) is 0 Å². The molecule has 2 aliphatic heterocycles. The molecule has 8 heteroatoms. The molecule has 1 N–H and O–H groups in total. The summed E-state index contributed by atoms with van der Waals surface area (Å²) in [5.41, 5.74) is 2.41. The molecule has 0 aliphatic carbocycles. The average Bonchev–Trinajstić information content (AvgIpc) is 3.33. The highest BCUT2D eigenvalue weighted by Gasteiger charge is 2.38. The minimum atomic E-state index is -3.64. The highest BCUT2D eigenvalue weighted by molar-refractivity contribution is 7.89. The smallest absolute Gasteiger partial charge is 0.256 e. The first-order valence-electron chi connectivity index (χ1n) is 10.2. The van der Waals surface area contributed by atoms with Crippen molar-refractivity contribution in [2.45, 2.75) is 31.0 Å². The molecule has 7 nitrogen and oxygen atoms in total. The molecule has 0 fully saturated rings. The lowest BCUT2D eigenvalue weighted by Crippen LogP contribution is -2.38. The van der Waals surface area contributed by atoms with Gasteiger partial charge in [0.15, 0.2) is 6.10 Å². The van der Waals surface area contributed by atoms with E-state index in [-0.39, 0.29) is 30.0 Å². The number of nitrogens with zero attached hydrogens (tertiary/aromatic N) is 2. The normalized spacial score (nSPS) is 17.9. The van der Waals surface area contributed by atoms with Crippen LogP contribution in [0.1, 0.15) is 25.5 Å². The first kappa shape index (κ1) is 21.5. The lowest BCUT2D eigenvalue weighted by molar-refractivity contribution is -0.139. The van der Waals surface area contributed by atoms with Gasteiger partial charge >= 0.3 is 0 Å². The fraction of sp³-hybridized carbons (Fsp3) is 0.348. The summed E-state index contributed by atoms with van der Waals surface area (Å²) in [6, 6.07) is 15.2. The summed E-state index contributed by atoms with van der Waals surface area (Å²) < 4.78 is 33.1. The Balaban J connectivity index is 1.39. The van der Waals surface area contributed by atoms with Gasteiger partial charge in [0.1, 0.15) is 5.75 Å². The van der Waals surface area contributed by atoms with Crippen LogP contribution in [0.2, 0.25) is 0 Å². The van der Waals surface area contributed by atoms with Gasteiger partial charge in [-0.25, -0.2) is 8.42 Å². The van der Waals surface area contributed by atoms with Gasteiger partial charge in [0, 0.05) is 26.2 Å². The number of carbonyl (C=O) groups excluding carboxylic acids is 1. The maximum absolute atomic E-state index is 13.0. The fourth-order valence-electron chi connectivity index (χ4n) is 3.93. The molecule has 31 heavy (non-hydrogen) atoms. The minimum Gasteiger partial charge on any atom is -0.491 e. The van der Waals surface area contributed by atoms with E-state index < -0.39 is 16.1 Å². The lowest BCUT2D eigenvalue weighted by Gasteiger charge is -2.24. The van der Waals surface area contributed by atoms with Gasteiger partial charge in [-0.3, -0.25) is 4.79 Å². The van der Waals surface area contributed by atoms with E-state index in [2.05, 4.69) is 0 Å². The monoisotopic (exact) mass is 442 g/mol. The molecule has 1 atom stereocenters. The van der Waals surface area contributed by atoms with Crippen molar-refractivity contribution in [3.8, 4) is 5.75 Å². The highest BCUT2D eigenvalue weighted by atomic mass is 32.2. The largest absolute Gasteiger partial charge is 0.491 e. The van der Waals surface area contributed by atoms with Crippen LogP contribution in [0.25, 0.3) is 0 Å². The Bertz CT molecular complexity index is 1080. The molecule has 0 aromatic heterocycles. The SMILES string of the molecule is CC(C)Oc1ccc(S(=O)(=O)N2CC3=C(CN(C(=O)[C@H](O)c4ccccc4)C3)C2)cc1. The topological polar surface area (TPSA) is 87.2 Å². The van der Waals surface area contributed by atoms with Crippen LogP contribution < -0.4 is 4.74 Å². The summed E-state index contributed by atoms with van der Waals surface area (Å²) in [6.45, 7) is 5.01. The van der Waals surface area contributed by atoms with Crippen molar-refractivity contribution in [3.63, 3.8) is 0 Å². The van der Waals surface area contributed by atoms with E-state index >= 15 is 0 Å². The van der Waals surface area contributed by atoms with E-state index in [1.165, 1.54) is 4.31 Å². The van der Waals surface area contributed by atoms with Crippen LogP contribution in [-0.4, -0.2) is 60.9 Å². The highest BCUT2D eigenvalue weighted by Crippen LogP contribution is 2.31. The Hall–Kier alpha value is -2.68. The Morgan fingerprint density at radius 1 is 0.935 bits per heavy atom. The second-order valence-corrected chi connectivity index (χ2v) is 10.1. The van der Waals surface area contributed by atoms with Crippen LogP contribution >= 0.6 is 0 Å². The van der Waals surface area contributed by atoms with Crippen molar-refractivity contribution in [2.75, 3.05) is 26.2 Å². The zero-order valence-electron chi connectivity index (χ0n) is 17.6. The third kappa shape index (κ3) is 4.37. The fourth-order valence-corrected chi connectivity index (χ4v) is 5.36. The summed E-state index contributed by atoms with van der Waals surface area (Å²) >= 11 is 0. The van der Waals surface area contributed by atoms with Gasteiger partial charge in [-0.2, -0.15) is 4.31 Å². The predicted octanol–water partition coefficient (Wildman–Crippen LogP) is 2.35. The van der Waals surface area contributed by atoms with Crippen molar-refractivity contribution < 1.29 is 23.1 Å². The molecule has 0 radical (unpaired) electrons. The number of carbonyl (C=O) groups is 1. The zero-order chi connectivity index (χ0) is 22.2. The molecule has 2 aromatic rings. The summed E-state index contributed by atoms with van der Waals surface area (Å²) in [6.07, 6.45) is -1.20. The van der Waals surface area contributed by atoms with Crippen LogP contribution in [0.4, 0.5) is 0 Å². The van der Waals surface area contributed by atoms with E-state index in [1.54, 1.807) is 53.4 Å². The third-order valence-electron chi connectivity index (χ3n) is 5.49. The van der Waals surface area contributed by atoms with E-state index in [0.717, 1.165) is 11.1 Å². The maximum Gasteiger partial charge on any atom is 0.256 e. The van der Waals surface area contributed by atoms with Crippen LogP contribution in [0.15, 0.2) is 70.6 Å². The van der Waals surface area contributed by atoms with Crippen LogP contribution in [0.5, 0.6) is 5.75 Å². The first-order valence-corrected chi connectivity index (χ1v) is 11.7. The van der Waals surface area contributed by atoms with Crippen molar-refractivity contribution in [3.05, 3.63) is 71.3 Å². The molecular weight excluding hydrogens is 416 g/mol. The molecular formula is C23H26N2O5S. The lowest BCUT2D eigenvalue weighted by atomic mass is 10.1. The molecule has 0 saturated heterocycles. The van der Waals surface area contributed by atoms with Gasteiger partial charge in [-0.15, -0.1) is 0 Å². The van der Waals surface area contributed by atoms with Gasteiger partial charge in [0.25, 0.3) is 5.91 Å². The molecule has 0 spiro atoms. The molecule has 4 rings (SSSR count). The summed E-state index contributed by atoms with van der Waals surface area (Å²) in [5, 5.41) is 10.4. The standard InChI is InChI=1S/C23H26N2O5S/c1-16(2)30-20-8-10-21(11-9-20)31(28,29)25-14-18-12-24(13-19(18)15-25)23(27)22(26)17-6-4-3-5-7-17/h3-11,16,22,26H,12-15H2,1-2H3/t22-/m1/s1. The van der Waals surface area contributed by atoms with Gasteiger partial charge in [0.05, 0.1) is 11.0 Å². The van der Waals surface area contributed by atoms with Crippen molar-refractivity contribution >= 4 is 15.9 Å². The number of amides is 1. The summed E-state index contributed by atoms with van der Waals surface area (Å²) in [5.74, 6) is 0.262. The number of ether oxygens (including phenoxy) is 1. The van der Waals surface area contributed by atoms with Gasteiger partial charge < -0.3 is 14.7 Å². The Kier molecular flexibility index (Phi) is 5.88. The van der Waals surface area contributed by atoms with E-state index in [9.17, 15) is 18.3 Å².